The van der Waals surface area contributed by atoms with Gasteiger partial charge in [0.25, 0.3) is 0 Å². The van der Waals surface area contributed by atoms with E-state index >= 15 is 0 Å². The molecular weight excluding hydrogens is 388 g/mol. The van der Waals surface area contributed by atoms with Crippen molar-refractivity contribution in [1.82, 2.24) is 0 Å². The lowest BCUT2D eigenvalue weighted by molar-refractivity contribution is -0.147. The summed E-state index contributed by atoms with van der Waals surface area (Å²) in [6, 6.07) is 0. The summed E-state index contributed by atoms with van der Waals surface area (Å²) in [6.07, 6.45) is 9.02. The molecule has 0 heterocycles. The van der Waals surface area contributed by atoms with Crippen LogP contribution in [0.2, 0.25) is 0 Å². The molecule has 2 rings (SSSR count). The number of ether oxygens (including phenoxy) is 1. The monoisotopic (exact) mass is 438 g/mol. The van der Waals surface area contributed by atoms with Gasteiger partial charge in [-0.15, -0.1) is 0 Å². The molecule has 4 unspecified atom stereocenters. The smallest absolute Gasteiger partial charge is 0.302 e. The lowest BCUT2D eigenvalue weighted by atomic mass is 9.50. The molecule has 2 saturated carbocycles. The van der Waals surface area contributed by atoms with Gasteiger partial charge in [-0.1, -0.05) is 41.5 Å². The Bertz CT molecular complexity index is 574. The normalized spacial score (nSPS) is 34.1. The number of hydrogen-bond acceptors (Lipinski definition) is 4. The zero-order chi connectivity index (χ0) is 23.4. The third-order valence-corrected chi connectivity index (χ3v) is 9.44. The Morgan fingerprint density at radius 3 is 2.39 bits per heavy atom. The van der Waals surface area contributed by atoms with E-state index in [1.54, 1.807) is 0 Å². The summed E-state index contributed by atoms with van der Waals surface area (Å²) < 4.78 is 5.52. The maximum absolute atomic E-state index is 11.4. The van der Waals surface area contributed by atoms with Crippen LogP contribution in [-0.2, 0) is 9.53 Å². The fraction of sp³-hybridized carbons (Fsp3) is 0.963. The molecule has 4 nitrogen and oxygen atoms in total. The Labute approximate surface area is 191 Å². The van der Waals surface area contributed by atoms with Crippen LogP contribution in [0.3, 0.4) is 0 Å². The fourth-order valence-electron chi connectivity index (χ4n) is 7.59. The summed E-state index contributed by atoms with van der Waals surface area (Å²) in [5.41, 5.74) is 0.371. The van der Waals surface area contributed by atoms with E-state index in [1.165, 1.54) is 26.2 Å². The first-order valence-electron chi connectivity index (χ1n) is 13.0. The predicted octanol–water partition coefficient (Wildman–Crippen LogP) is 5.98. The average molecular weight is 439 g/mol. The summed E-state index contributed by atoms with van der Waals surface area (Å²) in [7, 11) is 0. The highest BCUT2D eigenvalue weighted by molar-refractivity contribution is 5.66. The minimum absolute atomic E-state index is 0.00428. The molecule has 0 bridgehead atoms. The first-order chi connectivity index (χ1) is 14.5. The number of carbonyl (C=O) groups is 1. The van der Waals surface area contributed by atoms with E-state index in [2.05, 4.69) is 41.5 Å². The molecule has 2 aliphatic rings. The summed E-state index contributed by atoms with van der Waals surface area (Å²) in [5, 5.41) is 20.8. The van der Waals surface area contributed by atoms with E-state index in [9.17, 15) is 15.0 Å². The van der Waals surface area contributed by atoms with Gasteiger partial charge in [0.1, 0.15) is 6.10 Å². The third kappa shape index (κ3) is 5.85. The van der Waals surface area contributed by atoms with Crippen molar-refractivity contribution in [3.05, 3.63) is 0 Å². The van der Waals surface area contributed by atoms with Gasteiger partial charge in [0.15, 0.2) is 0 Å². The number of aliphatic hydroxyl groups excluding tert-OH is 2. The number of aliphatic hydroxyl groups is 2. The van der Waals surface area contributed by atoms with Crippen molar-refractivity contribution >= 4 is 5.97 Å². The average Bonchev–Trinajstić information content (AvgIpc) is 3.06. The molecule has 31 heavy (non-hydrogen) atoms. The molecule has 0 saturated heterocycles. The van der Waals surface area contributed by atoms with Crippen molar-refractivity contribution < 1.29 is 19.7 Å². The van der Waals surface area contributed by atoms with Crippen molar-refractivity contribution in [2.24, 2.45) is 40.4 Å². The molecule has 0 spiro atoms. The summed E-state index contributed by atoms with van der Waals surface area (Å²) in [6.45, 7) is 15.5. The second-order valence-corrected chi connectivity index (χ2v) is 11.7. The molecular formula is C27H50O4. The molecule has 2 aliphatic carbocycles. The van der Waals surface area contributed by atoms with Gasteiger partial charge in [-0.05, 0) is 98.2 Å². The van der Waals surface area contributed by atoms with Gasteiger partial charge < -0.3 is 14.9 Å². The van der Waals surface area contributed by atoms with E-state index in [4.69, 9.17) is 4.74 Å². The predicted molar refractivity (Wildman–Crippen MR) is 127 cm³/mol. The van der Waals surface area contributed by atoms with E-state index < -0.39 is 0 Å². The Balaban J connectivity index is 2.22. The second-order valence-electron chi connectivity index (χ2n) is 11.7. The van der Waals surface area contributed by atoms with Gasteiger partial charge in [-0.3, -0.25) is 4.79 Å². The second kappa shape index (κ2) is 11.0. The van der Waals surface area contributed by atoms with Crippen molar-refractivity contribution in [2.45, 2.75) is 118 Å². The Kier molecular flexibility index (Phi) is 9.46. The van der Waals surface area contributed by atoms with Gasteiger partial charge in [-0.2, -0.15) is 0 Å². The van der Waals surface area contributed by atoms with Gasteiger partial charge >= 0.3 is 5.97 Å². The molecule has 2 fully saturated rings. The standard InChI is InChI=1S/C27H50O4/c1-8-20(31-19(4)29)12-15-26(5,6)22-13-16-27(7)21(18(3)14-17-28)10-11-23(27)25(22)24(30)9-2/h18,20-25,28,30H,8-17H2,1-7H3/t18-,20+,21-,22?,23?,24-,25?,27?/m1/s1. The van der Waals surface area contributed by atoms with Crippen LogP contribution in [0.15, 0.2) is 0 Å². The van der Waals surface area contributed by atoms with Crippen LogP contribution in [0.25, 0.3) is 0 Å². The highest BCUT2D eigenvalue weighted by atomic mass is 16.5. The number of carbonyl (C=O) groups excluding carboxylic acids is 1. The van der Waals surface area contributed by atoms with E-state index in [1.807, 2.05) is 0 Å². The van der Waals surface area contributed by atoms with Crippen molar-refractivity contribution in [3.8, 4) is 0 Å². The first kappa shape index (κ1) is 26.6. The zero-order valence-electron chi connectivity index (χ0n) is 21.3. The van der Waals surface area contributed by atoms with Crippen molar-refractivity contribution in [3.63, 3.8) is 0 Å². The third-order valence-electron chi connectivity index (χ3n) is 9.44. The maximum Gasteiger partial charge on any atom is 0.302 e. The number of rotatable bonds is 11. The molecule has 0 amide bonds. The Morgan fingerprint density at radius 2 is 1.84 bits per heavy atom. The van der Waals surface area contributed by atoms with Crippen molar-refractivity contribution in [1.29, 1.82) is 0 Å². The highest BCUT2D eigenvalue weighted by Gasteiger charge is 2.57. The van der Waals surface area contributed by atoms with Crippen LogP contribution in [-0.4, -0.2) is 35.0 Å². The van der Waals surface area contributed by atoms with Gasteiger partial charge in [0.05, 0.1) is 6.10 Å². The Hall–Kier alpha value is -0.610. The lowest BCUT2D eigenvalue weighted by Crippen LogP contribution is -2.50. The SMILES string of the molecule is CC[C@@H](CCC(C)(C)C1CCC2(C)C(CC[C@@H]2[C@H](C)CCO)C1[C@H](O)CC)OC(C)=O. The molecule has 4 heteroatoms. The number of hydrogen-bond donors (Lipinski definition) is 2. The summed E-state index contributed by atoms with van der Waals surface area (Å²) in [5.74, 6) is 2.38. The summed E-state index contributed by atoms with van der Waals surface area (Å²) in [4.78, 5) is 11.4. The number of esters is 1. The minimum atomic E-state index is -0.253. The Morgan fingerprint density at radius 1 is 1.16 bits per heavy atom. The molecule has 0 aliphatic heterocycles. The van der Waals surface area contributed by atoms with Crippen LogP contribution < -0.4 is 0 Å². The minimum Gasteiger partial charge on any atom is -0.463 e. The van der Waals surface area contributed by atoms with Crippen LogP contribution in [0.1, 0.15) is 106 Å². The molecule has 0 radical (unpaired) electrons. The highest BCUT2D eigenvalue weighted by Crippen LogP contribution is 2.64. The number of fused-ring (bicyclic) bond motifs is 1. The molecule has 0 aromatic carbocycles. The van der Waals surface area contributed by atoms with Crippen LogP contribution in [0, 0.1) is 40.4 Å². The van der Waals surface area contributed by atoms with Gasteiger partial charge in [0, 0.05) is 13.5 Å². The van der Waals surface area contributed by atoms with Crippen LogP contribution >= 0.6 is 0 Å². The maximum atomic E-state index is 11.4. The first-order valence-corrected chi connectivity index (χ1v) is 13.0. The lowest BCUT2D eigenvalue weighted by Gasteiger charge is -2.55. The quantitative estimate of drug-likeness (QED) is 0.389. The topological polar surface area (TPSA) is 66.8 Å². The van der Waals surface area contributed by atoms with Gasteiger partial charge in [-0.25, -0.2) is 0 Å². The largest absolute Gasteiger partial charge is 0.463 e. The van der Waals surface area contributed by atoms with Crippen LogP contribution in [0.4, 0.5) is 0 Å². The van der Waals surface area contributed by atoms with Crippen LogP contribution in [0.5, 0.6) is 0 Å². The molecule has 0 aromatic heterocycles. The molecule has 8 atom stereocenters. The zero-order valence-corrected chi connectivity index (χ0v) is 21.3. The molecule has 2 N–H and O–H groups in total. The van der Waals surface area contributed by atoms with E-state index in [0.29, 0.717) is 29.6 Å². The molecule has 182 valence electrons. The van der Waals surface area contributed by atoms with Crippen molar-refractivity contribution in [2.75, 3.05) is 6.61 Å². The molecule has 0 aromatic rings. The van der Waals surface area contributed by atoms with E-state index in [-0.39, 0.29) is 35.6 Å². The van der Waals surface area contributed by atoms with E-state index in [0.717, 1.165) is 38.5 Å². The van der Waals surface area contributed by atoms with Gasteiger partial charge in [0.2, 0.25) is 0 Å². The summed E-state index contributed by atoms with van der Waals surface area (Å²) >= 11 is 0. The fourth-order valence-corrected chi connectivity index (χ4v) is 7.59.